The monoisotopic (exact) mass is 888 g/mol. The molecule has 0 spiro atoms. The number of rotatable bonds is 52. The Morgan fingerprint density at radius 2 is 0.746 bits per heavy atom. The van der Waals surface area contributed by atoms with Crippen LogP contribution in [-0.2, 0) is 14.3 Å². The highest BCUT2D eigenvalue weighted by molar-refractivity contribution is 5.76. The molecule has 0 aliphatic carbocycles. The SMILES string of the molecule is CCCCCCCCC/C=C\CCCCCCCC(=O)OCCCCCCCCCCCCCC(=O)NC(CO)C(O)/C=C/CCCCCCCCCCCCCCCCCCC. The van der Waals surface area contributed by atoms with Crippen LogP contribution < -0.4 is 5.32 Å². The van der Waals surface area contributed by atoms with Gasteiger partial charge < -0.3 is 20.3 Å². The second kappa shape index (κ2) is 53.0. The van der Waals surface area contributed by atoms with E-state index in [1.165, 1.54) is 218 Å². The number of hydrogen-bond acceptors (Lipinski definition) is 5. The largest absolute Gasteiger partial charge is 0.466 e. The third-order valence-electron chi connectivity index (χ3n) is 13.0. The Balaban J connectivity index is 3.50. The van der Waals surface area contributed by atoms with Crippen molar-refractivity contribution >= 4 is 11.9 Å². The second-order valence-electron chi connectivity index (χ2n) is 19.3. The summed E-state index contributed by atoms with van der Waals surface area (Å²) < 4.78 is 5.46. The Morgan fingerprint density at radius 3 is 1.13 bits per heavy atom. The van der Waals surface area contributed by atoms with Crippen molar-refractivity contribution in [2.75, 3.05) is 13.2 Å². The van der Waals surface area contributed by atoms with Crippen LogP contribution in [0.15, 0.2) is 24.3 Å². The van der Waals surface area contributed by atoms with Crippen molar-refractivity contribution in [1.29, 1.82) is 0 Å². The van der Waals surface area contributed by atoms with Gasteiger partial charge in [0.2, 0.25) is 5.91 Å². The number of hydrogen-bond donors (Lipinski definition) is 3. The number of ether oxygens (including phenoxy) is 1. The maximum absolute atomic E-state index is 12.5. The van der Waals surface area contributed by atoms with Crippen LogP contribution in [0.25, 0.3) is 0 Å². The van der Waals surface area contributed by atoms with E-state index in [0.29, 0.717) is 19.4 Å². The maximum Gasteiger partial charge on any atom is 0.305 e. The van der Waals surface area contributed by atoms with Gasteiger partial charge in [0.05, 0.1) is 25.4 Å². The van der Waals surface area contributed by atoms with Crippen molar-refractivity contribution in [3.05, 3.63) is 24.3 Å². The van der Waals surface area contributed by atoms with E-state index in [1.54, 1.807) is 6.08 Å². The molecule has 0 aliphatic rings. The van der Waals surface area contributed by atoms with Crippen LogP contribution in [0, 0.1) is 0 Å². The van der Waals surface area contributed by atoms with E-state index in [0.717, 1.165) is 57.8 Å². The normalized spacial score (nSPS) is 12.8. The van der Waals surface area contributed by atoms with Gasteiger partial charge in [0.25, 0.3) is 0 Å². The van der Waals surface area contributed by atoms with E-state index in [-0.39, 0.29) is 18.5 Å². The number of carbonyl (C=O) groups excluding carboxylic acids is 2. The van der Waals surface area contributed by atoms with Gasteiger partial charge >= 0.3 is 5.97 Å². The summed E-state index contributed by atoms with van der Waals surface area (Å²) in [6, 6.07) is -0.642. The lowest BCUT2D eigenvalue weighted by atomic mass is 10.0. The van der Waals surface area contributed by atoms with E-state index in [2.05, 4.69) is 31.3 Å². The predicted molar refractivity (Wildman–Crippen MR) is 273 cm³/mol. The molecule has 372 valence electrons. The first-order chi connectivity index (χ1) is 31.0. The Labute approximate surface area is 392 Å². The van der Waals surface area contributed by atoms with Crippen LogP contribution >= 0.6 is 0 Å². The summed E-state index contributed by atoms with van der Waals surface area (Å²) in [6.07, 6.45) is 63.3. The summed E-state index contributed by atoms with van der Waals surface area (Å²) in [5.74, 6) is -0.108. The smallest absolute Gasteiger partial charge is 0.305 e. The zero-order valence-corrected chi connectivity index (χ0v) is 42.3. The molecule has 0 fully saturated rings. The minimum atomic E-state index is -0.857. The lowest BCUT2D eigenvalue weighted by Crippen LogP contribution is -2.45. The standard InChI is InChI=1S/C57H109NO5/c1-3-5-7-9-11-13-15-17-19-21-22-23-24-26-29-33-37-41-45-49-55(60)54(53-59)58-56(61)50-46-42-38-34-30-28-32-36-40-44-48-52-63-57(62)51-47-43-39-35-31-27-25-20-18-16-14-12-10-8-6-4-2/h20,25,45,49,54-55,59-60H,3-19,21-24,26-44,46-48,50-53H2,1-2H3,(H,58,61)/b25-20-,49-45+. The third kappa shape index (κ3) is 49.6. The Morgan fingerprint density at radius 1 is 0.429 bits per heavy atom. The maximum atomic E-state index is 12.5. The van der Waals surface area contributed by atoms with Crippen LogP contribution in [0.1, 0.15) is 303 Å². The van der Waals surface area contributed by atoms with E-state index < -0.39 is 12.1 Å². The minimum absolute atomic E-state index is 0.0224. The molecule has 2 unspecified atom stereocenters. The minimum Gasteiger partial charge on any atom is -0.466 e. The summed E-state index contributed by atoms with van der Waals surface area (Å²) in [7, 11) is 0. The third-order valence-corrected chi connectivity index (χ3v) is 13.0. The predicted octanol–water partition coefficient (Wildman–Crippen LogP) is 17.1. The molecule has 1 amide bonds. The molecule has 0 aromatic carbocycles. The lowest BCUT2D eigenvalue weighted by molar-refractivity contribution is -0.143. The van der Waals surface area contributed by atoms with Gasteiger partial charge in [0.1, 0.15) is 0 Å². The molecule has 0 saturated carbocycles. The first kappa shape index (κ1) is 61.3. The van der Waals surface area contributed by atoms with E-state index in [9.17, 15) is 19.8 Å². The average Bonchev–Trinajstić information content (AvgIpc) is 3.28. The molecule has 0 bridgehead atoms. The van der Waals surface area contributed by atoms with Gasteiger partial charge in [-0.25, -0.2) is 0 Å². The number of nitrogens with one attached hydrogen (secondary N) is 1. The highest BCUT2D eigenvalue weighted by atomic mass is 16.5. The van der Waals surface area contributed by atoms with Gasteiger partial charge in [-0.1, -0.05) is 256 Å². The summed E-state index contributed by atoms with van der Waals surface area (Å²) in [6.45, 7) is 4.87. The molecule has 3 N–H and O–H groups in total. The number of amides is 1. The molecule has 2 atom stereocenters. The Kier molecular flexibility index (Phi) is 51.6. The number of aliphatic hydroxyl groups is 2. The van der Waals surface area contributed by atoms with Crippen molar-refractivity contribution in [2.45, 2.75) is 315 Å². The molecule has 0 radical (unpaired) electrons. The van der Waals surface area contributed by atoms with Gasteiger partial charge in [0, 0.05) is 12.8 Å². The van der Waals surface area contributed by atoms with Crippen LogP contribution in [0.3, 0.4) is 0 Å². The molecule has 0 aromatic heterocycles. The molecular weight excluding hydrogens is 779 g/mol. The fourth-order valence-electron chi connectivity index (χ4n) is 8.63. The van der Waals surface area contributed by atoms with Gasteiger partial charge in [-0.15, -0.1) is 0 Å². The summed E-state index contributed by atoms with van der Waals surface area (Å²) in [4.78, 5) is 24.5. The highest BCUT2D eigenvalue weighted by Gasteiger charge is 2.18. The van der Waals surface area contributed by atoms with Crippen LogP contribution in [-0.4, -0.2) is 47.4 Å². The van der Waals surface area contributed by atoms with E-state index >= 15 is 0 Å². The van der Waals surface area contributed by atoms with Crippen molar-refractivity contribution in [2.24, 2.45) is 0 Å². The lowest BCUT2D eigenvalue weighted by Gasteiger charge is -2.20. The molecule has 6 nitrogen and oxygen atoms in total. The molecule has 63 heavy (non-hydrogen) atoms. The zero-order chi connectivity index (χ0) is 45.8. The molecular formula is C57H109NO5. The number of unbranched alkanes of at least 4 members (excludes halogenated alkanes) is 39. The Bertz CT molecular complexity index is 982. The molecule has 0 rings (SSSR count). The fraction of sp³-hybridized carbons (Fsp3) is 0.895. The Hall–Kier alpha value is -1.66. The molecule has 0 aromatic rings. The molecule has 0 saturated heterocycles. The van der Waals surface area contributed by atoms with E-state index in [1.807, 2.05) is 6.08 Å². The number of carbonyl (C=O) groups is 2. The summed E-state index contributed by atoms with van der Waals surface area (Å²) in [5.41, 5.74) is 0. The molecule has 0 heterocycles. The fourth-order valence-corrected chi connectivity index (χ4v) is 8.63. The van der Waals surface area contributed by atoms with Crippen LogP contribution in [0.5, 0.6) is 0 Å². The van der Waals surface area contributed by atoms with Gasteiger partial charge in [-0.2, -0.15) is 0 Å². The number of esters is 1. The van der Waals surface area contributed by atoms with Crippen LogP contribution in [0.2, 0.25) is 0 Å². The quantitative estimate of drug-likeness (QED) is 0.0321. The average molecular weight is 889 g/mol. The zero-order valence-electron chi connectivity index (χ0n) is 42.3. The summed E-state index contributed by atoms with van der Waals surface area (Å²) in [5, 5.41) is 23.1. The molecule has 6 heteroatoms. The first-order valence-electron chi connectivity index (χ1n) is 28.1. The number of allylic oxidation sites excluding steroid dienone is 3. The van der Waals surface area contributed by atoms with Gasteiger partial charge in [-0.3, -0.25) is 9.59 Å². The summed E-state index contributed by atoms with van der Waals surface area (Å²) >= 11 is 0. The van der Waals surface area contributed by atoms with Crippen molar-refractivity contribution in [3.63, 3.8) is 0 Å². The van der Waals surface area contributed by atoms with Crippen molar-refractivity contribution < 1.29 is 24.5 Å². The first-order valence-corrected chi connectivity index (χ1v) is 28.1. The number of aliphatic hydroxyl groups excluding tert-OH is 2. The van der Waals surface area contributed by atoms with Crippen molar-refractivity contribution in [1.82, 2.24) is 5.32 Å². The topological polar surface area (TPSA) is 95.9 Å². The van der Waals surface area contributed by atoms with Gasteiger partial charge in [0.15, 0.2) is 0 Å². The molecule has 0 aliphatic heterocycles. The van der Waals surface area contributed by atoms with Crippen molar-refractivity contribution in [3.8, 4) is 0 Å². The second-order valence-corrected chi connectivity index (χ2v) is 19.3. The van der Waals surface area contributed by atoms with Gasteiger partial charge in [-0.05, 0) is 57.8 Å². The van der Waals surface area contributed by atoms with Crippen LogP contribution in [0.4, 0.5) is 0 Å². The van der Waals surface area contributed by atoms with E-state index in [4.69, 9.17) is 4.74 Å². The highest BCUT2D eigenvalue weighted by Crippen LogP contribution is 2.16.